The number of alkyl halides is 3. The lowest BCUT2D eigenvalue weighted by Crippen LogP contribution is -2.24. The van der Waals surface area contributed by atoms with Crippen molar-refractivity contribution in [3.05, 3.63) is 75.1 Å². The van der Waals surface area contributed by atoms with E-state index in [9.17, 15) is 27.6 Å². The second-order valence-corrected chi connectivity index (χ2v) is 9.64. The molecule has 36 heavy (non-hydrogen) atoms. The third kappa shape index (κ3) is 4.35. The molecule has 0 atom stereocenters. The number of hydrogen-bond acceptors (Lipinski definition) is 5. The van der Waals surface area contributed by atoms with E-state index < -0.39 is 34.2 Å². The van der Waals surface area contributed by atoms with E-state index in [1.54, 1.807) is 0 Å². The van der Waals surface area contributed by atoms with Crippen LogP contribution in [0.3, 0.4) is 0 Å². The number of hydrogen-bond donors (Lipinski definition) is 2. The quantitative estimate of drug-likeness (QED) is 0.342. The van der Waals surface area contributed by atoms with Crippen LogP contribution in [0.15, 0.2) is 48.5 Å². The Kier molecular flexibility index (Phi) is 5.84. The molecular weight excluding hydrogens is 519 g/mol. The van der Waals surface area contributed by atoms with Crippen LogP contribution in [0.25, 0.3) is 21.5 Å². The second-order valence-electron chi connectivity index (χ2n) is 8.18. The Bertz CT molecular complexity index is 1540. The molecule has 1 aliphatic carbocycles. The van der Waals surface area contributed by atoms with Crippen LogP contribution >= 0.6 is 22.9 Å². The van der Waals surface area contributed by atoms with Gasteiger partial charge in [0, 0.05) is 11.6 Å². The van der Waals surface area contributed by atoms with Gasteiger partial charge in [-0.2, -0.15) is 23.0 Å². The molecule has 1 aliphatic rings. The van der Waals surface area contributed by atoms with E-state index in [1.165, 1.54) is 36.4 Å². The van der Waals surface area contributed by atoms with Crippen LogP contribution in [-0.4, -0.2) is 38.7 Å². The number of carboxylic acids is 1. The Morgan fingerprint density at radius 2 is 1.81 bits per heavy atom. The van der Waals surface area contributed by atoms with Gasteiger partial charge in [0.2, 0.25) is 0 Å². The summed E-state index contributed by atoms with van der Waals surface area (Å²) in [6.45, 7) is 0. The van der Waals surface area contributed by atoms with E-state index in [2.05, 4.69) is 10.4 Å². The first-order valence-corrected chi connectivity index (χ1v) is 11.8. The minimum atomic E-state index is -4.85. The molecule has 12 heteroatoms. The smallest absolute Gasteiger partial charge is 0.417 e. The SMILES string of the molecule is O=C(O)c1ccc(-c2nn(C(=O)c3c(Cl)cccc3C(F)(F)F)c3cc(C(=O)NC4CC4)sc23)cc1. The molecule has 0 unspecified atom stereocenters. The number of rotatable bonds is 5. The number of aromatic carboxylic acids is 1. The van der Waals surface area contributed by atoms with E-state index in [1.807, 2.05) is 0 Å². The number of amides is 1. The molecule has 1 fully saturated rings. The number of halogens is 4. The van der Waals surface area contributed by atoms with Crippen molar-refractivity contribution in [3.8, 4) is 11.3 Å². The van der Waals surface area contributed by atoms with E-state index in [0.717, 1.165) is 41.0 Å². The highest BCUT2D eigenvalue weighted by atomic mass is 35.5. The molecule has 184 valence electrons. The standard InChI is InChI=1S/C24H15ClF3N3O4S/c25-15-3-1-2-14(24(26,27)28)18(15)22(33)31-16-10-17(21(32)29-13-8-9-13)36-20(16)19(30-31)11-4-6-12(7-5-11)23(34)35/h1-7,10,13H,8-9H2,(H,29,32)(H,34,35). The number of nitrogens with zero attached hydrogens (tertiary/aromatic N) is 2. The number of carbonyl (C=O) groups is 3. The fourth-order valence-electron chi connectivity index (χ4n) is 3.70. The summed E-state index contributed by atoms with van der Waals surface area (Å²) in [5, 5.41) is 15.9. The van der Waals surface area contributed by atoms with Gasteiger partial charge >= 0.3 is 12.1 Å². The van der Waals surface area contributed by atoms with Gasteiger partial charge in [0.15, 0.2) is 0 Å². The molecule has 0 spiro atoms. The van der Waals surface area contributed by atoms with Gasteiger partial charge in [-0.1, -0.05) is 29.8 Å². The molecule has 4 aromatic rings. The van der Waals surface area contributed by atoms with Crippen molar-refractivity contribution in [1.82, 2.24) is 15.1 Å². The summed E-state index contributed by atoms with van der Waals surface area (Å²) < 4.78 is 42.3. The van der Waals surface area contributed by atoms with Crippen LogP contribution in [0, 0.1) is 0 Å². The van der Waals surface area contributed by atoms with Gasteiger partial charge in [0.25, 0.3) is 11.8 Å². The Hall–Kier alpha value is -3.70. The predicted molar refractivity (Wildman–Crippen MR) is 127 cm³/mol. The maximum atomic E-state index is 13.7. The van der Waals surface area contributed by atoms with Crippen molar-refractivity contribution in [2.75, 3.05) is 0 Å². The fourth-order valence-corrected chi connectivity index (χ4v) is 5.00. The summed E-state index contributed by atoms with van der Waals surface area (Å²) in [5.41, 5.74) is -1.19. The van der Waals surface area contributed by atoms with Crippen LogP contribution in [-0.2, 0) is 6.18 Å². The monoisotopic (exact) mass is 533 g/mol. The Morgan fingerprint density at radius 3 is 2.42 bits per heavy atom. The molecular formula is C24H15ClF3N3O4S. The molecule has 2 heterocycles. The van der Waals surface area contributed by atoms with Crippen molar-refractivity contribution in [2.45, 2.75) is 25.1 Å². The lowest BCUT2D eigenvalue weighted by molar-refractivity contribution is -0.137. The highest BCUT2D eigenvalue weighted by Gasteiger charge is 2.37. The number of fused-ring (bicyclic) bond motifs is 1. The van der Waals surface area contributed by atoms with E-state index in [-0.39, 0.29) is 33.6 Å². The maximum Gasteiger partial charge on any atom is 0.417 e. The van der Waals surface area contributed by atoms with Crippen molar-refractivity contribution < 1.29 is 32.7 Å². The van der Waals surface area contributed by atoms with Crippen LogP contribution < -0.4 is 5.32 Å². The van der Waals surface area contributed by atoms with Crippen molar-refractivity contribution in [1.29, 1.82) is 0 Å². The fraction of sp³-hybridized carbons (Fsp3) is 0.167. The molecule has 2 N–H and O–H groups in total. The average Bonchev–Trinajstić information content (AvgIpc) is 3.41. The molecule has 1 amide bonds. The highest BCUT2D eigenvalue weighted by Crippen LogP contribution is 2.39. The normalized spacial score (nSPS) is 13.7. The Labute approximate surface area is 210 Å². The third-order valence-electron chi connectivity index (χ3n) is 5.62. The number of carboxylic acid groups (broad SMARTS) is 1. The molecule has 1 saturated carbocycles. The third-order valence-corrected chi connectivity index (χ3v) is 7.07. The Morgan fingerprint density at radius 1 is 1.11 bits per heavy atom. The van der Waals surface area contributed by atoms with E-state index in [4.69, 9.17) is 16.7 Å². The largest absolute Gasteiger partial charge is 0.478 e. The minimum absolute atomic E-state index is 0.0204. The van der Waals surface area contributed by atoms with Gasteiger partial charge in [-0.25, -0.2) is 4.79 Å². The zero-order chi connectivity index (χ0) is 25.8. The summed E-state index contributed by atoms with van der Waals surface area (Å²) in [6.07, 6.45) is -3.13. The molecule has 0 aliphatic heterocycles. The van der Waals surface area contributed by atoms with Crippen LogP contribution in [0.1, 0.15) is 48.8 Å². The van der Waals surface area contributed by atoms with Crippen molar-refractivity contribution in [2.24, 2.45) is 0 Å². The lowest BCUT2D eigenvalue weighted by Gasteiger charge is -2.13. The number of nitrogens with one attached hydrogen (secondary N) is 1. The summed E-state index contributed by atoms with van der Waals surface area (Å²) in [4.78, 5) is 37.6. The van der Waals surface area contributed by atoms with Crippen molar-refractivity contribution in [3.63, 3.8) is 0 Å². The van der Waals surface area contributed by atoms with Gasteiger partial charge in [-0.05, 0) is 43.2 Å². The number of benzene rings is 2. The molecule has 2 aromatic heterocycles. The first-order valence-electron chi connectivity index (χ1n) is 10.6. The predicted octanol–water partition coefficient (Wildman–Crippen LogP) is 5.72. The van der Waals surface area contributed by atoms with Gasteiger partial charge in [0.1, 0.15) is 5.69 Å². The molecule has 2 aromatic carbocycles. The zero-order valence-electron chi connectivity index (χ0n) is 18.1. The summed E-state index contributed by atoms with van der Waals surface area (Å²) >= 11 is 7.08. The molecule has 0 bridgehead atoms. The van der Waals surface area contributed by atoms with Gasteiger partial charge in [0.05, 0.1) is 36.8 Å². The molecule has 0 saturated heterocycles. The molecule has 5 rings (SSSR count). The van der Waals surface area contributed by atoms with Gasteiger partial charge < -0.3 is 10.4 Å². The van der Waals surface area contributed by atoms with Gasteiger partial charge in [-0.15, -0.1) is 11.3 Å². The van der Waals surface area contributed by atoms with Crippen LogP contribution in [0.4, 0.5) is 13.2 Å². The Balaban J connectivity index is 1.68. The van der Waals surface area contributed by atoms with Crippen molar-refractivity contribution >= 4 is 50.9 Å². The van der Waals surface area contributed by atoms with Crippen LogP contribution in [0.2, 0.25) is 5.02 Å². The minimum Gasteiger partial charge on any atom is -0.478 e. The molecule has 0 radical (unpaired) electrons. The number of carbonyl (C=O) groups excluding carboxylic acids is 2. The first-order chi connectivity index (χ1) is 17.0. The van der Waals surface area contributed by atoms with E-state index >= 15 is 0 Å². The second kappa shape index (κ2) is 8.75. The number of aromatic nitrogens is 2. The van der Waals surface area contributed by atoms with Crippen LogP contribution in [0.5, 0.6) is 0 Å². The summed E-state index contributed by atoms with van der Waals surface area (Å²) in [6, 6.07) is 10.1. The highest BCUT2D eigenvalue weighted by molar-refractivity contribution is 7.21. The average molecular weight is 534 g/mol. The van der Waals surface area contributed by atoms with E-state index in [0.29, 0.717) is 10.3 Å². The lowest BCUT2D eigenvalue weighted by atomic mass is 10.1. The summed E-state index contributed by atoms with van der Waals surface area (Å²) in [7, 11) is 0. The topological polar surface area (TPSA) is 101 Å². The number of thiophene rings is 1. The maximum absolute atomic E-state index is 13.7. The summed E-state index contributed by atoms with van der Waals surface area (Å²) in [5.74, 6) is -2.61. The van der Waals surface area contributed by atoms with Gasteiger partial charge in [-0.3, -0.25) is 9.59 Å². The zero-order valence-corrected chi connectivity index (χ0v) is 19.7. The first kappa shape index (κ1) is 24.0. The molecule has 7 nitrogen and oxygen atoms in total.